The zero-order valence-corrected chi connectivity index (χ0v) is 69.6. The average Bonchev–Trinajstić information content (AvgIpc) is 1.64. The molecule has 0 aliphatic carbocycles. The Morgan fingerprint density at radius 2 is 0.455 bits per heavy atom. The van der Waals surface area contributed by atoms with Gasteiger partial charge in [0.25, 0.3) is 0 Å². The van der Waals surface area contributed by atoms with Crippen LogP contribution in [0, 0.1) is 55.4 Å². The van der Waals surface area contributed by atoms with Crippen LogP contribution >= 0.6 is 90.7 Å². The molecule has 0 unspecified atom stereocenters. The average molecular weight is 1590 g/mol. The Hall–Kier alpha value is -11.0. The minimum Gasteiger partial charge on any atom is -0.245 e. The van der Waals surface area contributed by atoms with Crippen LogP contribution in [0.5, 0.6) is 0 Å². The van der Waals surface area contributed by atoms with Crippen molar-refractivity contribution in [2.24, 2.45) is 0 Å². The van der Waals surface area contributed by atoms with Crippen molar-refractivity contribution in [3.8, 4) is 0 Å². The minimum absolute atomic E-state index is 1.13. The quantitative estimate of drug-likeness (QED) is 0.152. The van der Waals surface area contributed by atoms with Crippen molar-refractivity contribution in [2.45, 2.75) is 55.4 Å². The summed E-state index contributed by atoms with van der Waals surface area (Å²) in [5, 5.41) is 21.6. The fourth-order valence-electron chi connectivity index (χ4n) is 14.6. The van der Waals surface area contributed by atoms with Crippen LogP contribution in [0.2, 0.25) is 0 Å². The second-order valence-electron chi connectivity index (χ2n) is 28.0. The zero-order chi connectivity index (χ0) is 76.3. The van der Waals surface area contributed by atoms with Crippen LogP contribution < -0.4 is 0 Å². The number of pyridine rings is 4. The van der Waals surface area contributed by atoms with Crippen molar-refractivity contribution in [2.75, 3.05) is 0 Å². The van der Waals surface area contributed by atoms with Crippen LogP contribution in [-0.4, -0.2) is 19.9 Å². The van der Waals surface area contributed by atoms with E-state index in [1.54, 1.807) is 45.3 Å². The Labute approximate surface area is 682 Å². The maximum Gasteiger partial charge on any atom is 0.124 e. The normalized spacial score (nSPS) is 11.2. The first kappa shape index (κ1) is 73.8. The fourth-order valence-corrected chi connectivity index (χ4v) is 23.6. The summed E-state index contributed by atoms with van der Waals surface area (Å²) in [6.45, 7) is 17.2. The Bertz CT molecular complexity index is 7050. The van der Waals surface area contributed by atoms with Crippen LogP contribution in [0.25, 0.3) is 162 Å². The highest BCUT2D eigenvalue weighted by Crippen LogP contribution is 2.41. The van der Waals surface area contributed by atoms with Gasteiger partial charge in [-0.1, -0.05) is 181 Å². The van der Waals surface area contributed by atoms with Crippen LogP contribution in [0.3, 0.4) is 0 Å². The number of aryl methyl sites for hydroxylation is 8. The van der Waals surface area contributed by atoms with Gasteiger partial charge >= 0.3 is 0 Å². The van der Waals surface area contributed by atoms with Gasteiger partial charge in [0, 0.05) is 167 Å². The molecular weight excluding hydrogens is 1510 g/mol. The molecule has 24 aromatic rings. The lowest BCUT2D eigenvalue weighted by atomic mass is 10.1. The molecule has 0 radical (unpaired) electrons. The smallest absolute Gasteiger partial charge is 0.124 e. The van der Waals surface area contributed by atoms with Gasteiger partial charge in [0.15, 0.2) is 0 Å². The summed E-state index contributed by atoms with van der Waals surface area (Å²) in [7, 11) is 0. The second-order valence-corrected chi connectivity index (χ2v) is 36.4. The van der Waals surface area contributed by atoms with Gasteiger partial charge in [-0.3, -0.25) is 0 Å². The van der Waals surface area contributed by atoms with E-state index in [9.17, 15) is 0 Å². The van der Waals surface area contributed by atoms with E-state index in [4.69, 9.17) is 0 Å². The lowest BCUT2D eigenvalue weighted by Gasteiger charge is -1.95. The lowest BCUT2D eigenvalue weighted by molar-refractivity contribution is 1.45. The van der Waals surface area contributed by atoms with Gasteiger partial charge in [-0.15, -0.1) is 90.7 Å². The molecule has 0 saturated heterocycles. The highest BCUT2D eigenvalue weighted by Gasteiger charge is 2.12. The topological polar surface area (TPSA) is 51.6 Å². The third-order valence-electron chi connectivity index (χ3n) is 20.0. The fraction of sp³-hybridized carbons (Fsp3) is 0.0800. The Morgan fingerprint density at radius 3 is 1.03 bits per heavy atom. The minimum atomic E-state index is 1.13. The van der Waals surface area contributed by atoms with E-state index in [2.05, 4.69) is 342 Å². The summed E-state index contributed by atoms with van der Waals surface area (Å²) in [4.78, 5) is 22.0. The molecule has 0 fully saturated rings. The SMILES string of the molecule is Cc1ccc2c(c1)sc1ccccc12.Cc1ccc2c(c1)sc1ncccc12.Cc1ccc2sc3ccccc3c2c1.Cc1ccc2sc3ncccc3c2c1.Cc1cccc2c1sc1ccccc12.Cc1cccc2c1sc1ncccc12.Cc1cccc2sc3ccccc3c12.Cc1cccc2sc3ncccc3c12. The third kappa shape index (κ3) is 15.3. The molecule has 0 N–H and O–H groups in total. The predicted molar refractivity (Wildman–Crippen MR) is 504 cm³/mol. The molecule has 112 heavy (non-hydrogen) atoms. The van der Waals surface area contributed by atoms with Crippen molar-refractivity contribution in [3.63, 3.8) is 0 Å². The maximum absolute atomic E-state index is 4.38. The van der Waals surface area contributed by atoms with Gasteiger partial charge in [-0.25, -0.2) is 19.9 Å². The molecule has 12 heterocycles. The monoisotopic (exact) mass is 1590 g/mol. The van der Waals surface area contributed by atoms with E-state index < -0.39 is 0 Å². The summed E-state index contributed by atoms with van der Waals surface area (Å²) >= 11 is 14.6. The molecule has 4 nitrogen and oxygen atoms in total. The molecule has 0 aliphatic rings. The molecule has 0 atom stereocenters. The van der Waals surface area contributed by atoms with E-state index in [1.807, 2.05) is 94.4 Å². The van der Waals surface area contributed by atoms with Crippen LogP contribution in [0.15, 0.2) is 316 Å². The third-order valence-corrected chi connectivity index (χ3v) is 29.3. The number of aromatic nitrogens is 4. The van der Waals surface area contributed by atoms with E-state index in [-0.39, 0.29) is 0 Å². The number of hydrogen-bond donors (Lipinski definition) is 0. The Morgan fingerprint density at radius 1 is 0.170 bits per heavy atom. The molecule has 0 bridgehead atoms. The van der Waals surface area contributed by atoms with Gasteiger partial charge in [0.1, 0.15) is 19.3 Å². The van der Waals surface area contributed by atoms with Gasteiger partial charge < -0.3 is 0 Å². The molecule has 24 rings (SSSR count). The molecule has 12 aromatic heterocycles. The van der Waals surface area contributed by atoms with E-state index in [1.165, 1.54) is 187 Å². The largest absolute Gasteiger partial charge is 0.245 e. The first-order chi connectivity index (χ1) is 54.8. The van der Waals surface area contributed by atoms with E-state index in [0.717, 1.165) is 19.3 Å². The van der Waals surface area contributed by atoms with Crippen molar-refractivity contribution in [3.05, 3.63) is 360 Å². The molecule has 12 heteroatoms. The first-order valence-corrected chi connectivity index (χ1v) is 43.8. The van der Waals surface area contributed by atoms with Crippen LogP contribution in [0.1, 0.15) is 44.5 Å². The number of fused-ring (bicyclic) bond motifs is 24. The standard InChI is InChI=1S/4C13H10S.4C12H9NS/c1-9-5-4-7-11-10-6-2-3-8-12(10)14-13(9)11;1-9-5-4-8-12-13(9)10-6-2-3-7-11(10)14-12;1-9-6-7-13-11(8-9)10-4-2-3-5-12(10)14-13;1-9-6-7-11-10-4-2-3-5-12(10)14-13(11)8-9;1-8-4-2-6-10-11(8)9-5-3-7-13-12(9)14-10;1-8-4-2-5-9-10-6-3-7-13-12(10)14-11(8)9;1-8-4-5-9-10-3-2-6-13-12(10)14-11(9)7-8;1-8-4-5-11-10(7-8)9-3-2-6-13-12(9)14-11/h4*2-8H,1H3;4*2-7H,1H3. The summed E-state index contributed by atoms with van der Waals surface area (Å²) in [6, 6.07) is 103. The maximum atomic E-state index is 4.38. The molecule has 0 amide bonds. The molecule has 0 saturated carbocycles. The number of nitrogens with zero attached hydrogens (tertiary/aromatic N) is 4. The summed E-state index contributed by atoms with van der Waals surface area (Å²) in [6.07, 6.45) is 7.41. The lowest BCUT2D eigenvalue weighted by Crippen LogP contribution is -1.73. The number of thiophene rings is 8. The van der Waals surface area contributed by atoms with E-state index in [0.29, 0.717) is 0 Å². The van der Waals surface area contributed by atoms with Crippen molar-refractivity contribution in [1.29, 1.82) is 0 Å². The summed E-state index contributed by atoms with van der Waals surface area (Å²) in [5.41, 5.74) is 10.7. The molecule has 0 spiro atoms. The molecule has 544 valence electrons. The second kappa shape index (κ2) is 32.7. The number of benzene rings is 12. The molecule has 12 aromatic carbocycles. The zero-order valence-electron chi connectivity index (χ0n) is 63.1. The van der Waals surface area contributed by atoms with Crippen molar-refractivity contribution < 1.29 is 0 Å². The van der Waals surface area contributed by atoms with Crippen LogP contribution in [0.4, 0.5) is 0 Å². The van der Waals surface area contributed by atoms with E-state index >= 15 is 0 Å². The Balaban J connectivity index is 0.0000000929. The highest BCUT2D eigenvalue weighted by atomic mass is 32.1. The summed E-state index contributed by atoms with van der Waals surface area (Å²) in [5.74, 6) is 0. The number of rotatable bonds is 0. The van der Waals surface area contributed by atoms with Gasteiger partial charge in [0.05, 0.1) is 0 Å². The Kier molecular flexibility index (Phi) is 21.6. The van der Waals surface area contributed by atoms with Gasteiger partial charge in [0.2, 0.25) is 0 Å². The van der Waals surface area contributed by atoms with Crippen molar-refractivity contribution >= 4 is 253 Å². The van der Waals surface area contributed by atoms with Gasteiger partial charge in [-0.05, 0) is 210 Å². The van der Waals surface area contributed by atoms with Gasteiger partial charge in [-0.2, -0.15) is 0 Å². The first-order valence-electron chi connectivity index (χ1n) is 37.3. The van der Waals surface area contributed by atoms with Crippen LogP contribution in [-0.2, 0) is 0 Å². The number of hydrogen-bond acceptors (Lipinski definition) is 12. The van der Waals surface area contributed by atoms with Crippen molar-refractivity contribution in [1.82, 2.24) is 19.9 Å². The molecule has 0 aliphatic heterocycles. The molecular formula is C100H76N4S8. The summed E-state index contributed by atoms with van der Waals surface area (Å²) < 4.78 is 16.5. The predicted octanol–water partition coefficient (Wildman–Crippen LogP) is 32.5. The highest BCUT2D eigenvalue weighted by molar-refractivity contribution is 7.28.